The zero-order valence-electron chi connectivity index (χ0n) is 14.6. The Morgan fingerprint density at radius 3 is 2.38 bits per heavy atom. The zero-order chi connectivity index (χ0) is 18.5. The molecule has 0 fully saturated rings. The van der Waals surface area contributed by atoms with Crippen molar-refractivity contribution in [1.29, 1.82) is 0 Å². The van der Waals surface area contributed by atoms with E-state index >= 15 is 0 Å². The molecule has 1 heterocycles. The van der Waals surface area contributed by atoms with E-state index in [0.717, 1.165) is 11.1 Å². The van der Waals surface area contributed by atoms with Gasteiger partial charge in [-0.15, -0.1) is 0 Å². The minimum atomic E-state index is -0.961. The van der Waals surface area contributed by atoms with Gasteiger partial charge in [-0.3, -0.25) is 4.79 Å². The van der Waals surface area contributed by atoms with Crippen LogP contribution in [0.25, 0.3) is 11.1 Å². The second kappa shape index (κ2) is 7.70. The Bertz CT molecular complexity index is 897. The smallest absolute Gasteiger partial charge is 0.375 e. The summed E-state index contributed by atoms with van der Waals surface area (Å²) in [6.07, 6.45) is 0.466. The monoisotopic (exact) mass is 349 g/mol. The fraction of sp³-hybridized carbons (Fsp3) is 0.143. The molecule has 3 rings (SSSR count). The number of amides is 1. The molecule has 5 heteroatoms. The number of nitrogens with one attached hydrogen (secondary N) is 1. The van der Waals surface area contributed by atoms with Crippen molar-refractivity contribution < 1.29 is 18.7 Å². The van der Waals surface area contributed by atoms with Crippen LogP contribution in [0.15, 0.2) is 71.3 Å². The molecule has 1 aromatic heterocycles. The molecule has 0 aliphatic heterocycles. The second-order valence-electron chi connectivity index (χ2n) is 5.93. The minimum absolute atomic E-state index is 0.0752. The molecule has 0 saturated carbocycles. The summed E-state index contributed by atoms with van der Waals surface area (Å²) in [6, 6.07) is 18.4. The molecule has 0 aliphatic rings. The van der Waals surface area contributed by atoms with E-state index in [4.69, 9.17) is 9.15 Å². The molecule has 0 aliphatic carbocycles. The largest absolute Gasteiger partial charge is 0.457 e. The normalized spacial score (nSPS) is 11.6. The number of hydrogen-bond donors (Lipinski definition) is 1. The first-order valence-corrected chi connectivity index (χ1v) is 8.26. The standard InChI is InChI=1S/C21H19NO4/c1-14-8-10-17(11-9-14)22-20(23)15(2)26-21(24)19-18(12-13-25-19)16-6-4-3-5-7-16/h3-13,15H,1-2H3,(H,22,23). The first-order chi connectivity index (χ1) is 12.5. The van der Waals surface area contributed by atoms with E-state index in [1.54, 1.807) is 18.2 Å². The summed E-state index contributed by atoms with van der Waals surface area (Å²) in [4.78, 5) is 24.7. The molecule has 0 bridgehead atoms. The lowest BCUT2D eigenvalue weighted by Gasteiger charge is -2.13. The van der Waals surface area contributed by atoms with E-state index in [0.29, 0.717) is 11.3 Å². The van der Waals surface area contributed by atoms with Gasteiger partial charge in [0.25, 0.3) is 5.91 Å². The molecule has 0 saturated heterocycles. The average Bonchev–Trinajstić information content (AvgIpc) is 3.14. The molecule has 1 atom stereocenters. The minimum Gasteiger partial charge on any atom is -0.457 e. The van der Waals surface area contributed by atoms with E-state index in [9.17, 15) is 9.59 Å². The Labute approximate surface area is 151 Å². The van der Waals surface area contributed by atoms with Crippen molar-refractivity contribution in [2.45, 2.75) is 20.0 Å². The van der Waals surface area contributed by atoms with Crippen LogP contribution in [0.4, 0.5) is 5.69 Å². The van der Waals surface area contributed by atoms with Crippen LogP contribution in [0.5, 0.6) is 0 Å². The van der Waals surface area contributed by atoms with Gasteiger partial charge in [-0.2, -0.15) is 0 Å². The van der Waals surface area contributed by atoms with Gasteiger partial charge < -0.3 is 14.5 Å². The fourth-order valence-electron chi connectivity index (χ4n) is 2.46. The Balaban J connectivity index is 1.67. The van der Waals surface area contributed by atoms with Crippen molar-refractivity contribution in [1.82, 2.24) is 0 Å². The van der Waals surface area contributed by atoms with Gasteiger partial charge >= 0.3 is 5.97 Å². The summed E-state index contributed by atoms with van der Waals surface area (Å²) >= 11 is 0. The van der Waals surface area contributed by atoms with Crippen LogP contribution in [0, 0.1) is 6.92 Å². The Morgan fingerprint density at radius 1 is 1.00 bits per heavy atom. The Hall–Kier alpha value is -3.34. The highest BCUT2D eigenvalue weighted by Gasteiger charge is 2.23. The number of hydrogen-bond acceptors (Lipinski definition) is 4. The molecule has 5 nitrogen and oxygen atoms in total. The maximum absolute atomic E-state index is 12.4. The van der Waals surface area contributed by atoms with Gasteiger partial charge in [0, 0.05) is 11.3 Å². The third-order valence-corrected chi connectivity index (χ3v) is 3.91. The quantitative estimate of drug-likeness (QED) is 0.692. The molecule has 132 valence electrons. The van der Waals surface area contributed by atoms with Crippen LogP contribution >= 0.6 is 0 Å². The number of carbonyl (C=O) groups excluding carboxylic acids is 2. The van der Waals surface area contributed by atoms with Gasteiger partial charge in [-0.25, -0.2) is 4.79 Å². The Morgan fingerprint density at radius 2 is 1.69 bits per heavy atom. The number of aryl methyl sites for hydroxylation is 1. The lowest BCUT2D eigenvalue weighted by molar-refractivity contribution is -0.123. The average molecular weight is 349 g/mol. The number of rotatable bonds is 5. The number of furan rings is 1. The zero-order valence-corrected chi connectivity index (χ0v) is 14.6. The number of carbonyl (C=O) groups is 2. The maximum atomic E-state index is 12.4. The fourth-order valence-corrected chi connectivity index (χ4v) is 2.46. The van der Waals surface area contributed by atoms with Crippen molar-refractivity contribution in [3.63, 3.8) is 0 Å². The molecule has 1 amide bonds. The molecule has 2 aromatic carbocycles. The summed E-state index contributed by atoms with van der Waals surface area (Å²) in [5.41, 5.74) is 3.20. The summed E-state index contributed by atoms with van der Waals surface area (Å²) < 4.78 is 10.6. The molecular formula is C21H19NO4. The summed E-state index contributed by atoms with van der Waals surface area (Å²) in [6.45, 7) is 3.48. The van der Waals surface area contributed by atoms with E-state index < -0.39 is 18.0 Å². The van der Waals surface area contributed by atoms with E-state index in [1.807, 2.05) is 49.4 Å². The Kier molecular flexibility index (Phi) is 5.17. The lowest BCUT2D eigenvalue weighted by Crippen LogP contribution is -2.30. The van der Waals surface area contributed by atoms with E-state index in [1.165, 1.54) is 13.2 Å². The van der Waals surface area contributed by atoms with Gasteiger partial charge in [-0.1, -0.05) is 48.0 Å². The number of benzene rings is 2. The number of esters is 1. The molecule has 26 heavy (non-hydrogen) atoms. The first kappa shape index (κ1) is 17.5. The highest BCUT2D eigenvalue weighted by molar-refractivity contribution is 5.99. The summed E-state index contributed by atoms with van der Waals surface area (Å²) in [7, 11) is 0. The van der Waals surface area contributed by atoms with Crippen molar-refractivity contribution in [2.75, 3.05) is 5.32 Å². The van der Waals surface area contributed by atoms with Gasteiger partial charge in [0.15, 0.2) is 6.10 Å². The van der Waals surface area contributed by atoms with Gasteiger partial charge in [0.1, 0.15) is 0 Å². The SMILES string of the molecule is Cc1ccc(NC(=O)C(C)OC(=O)c2occc2-c2ccccc2)cc1. The van der Waals surface area contributed by atoms with Gasteiger partial charge in [-0.05, 0) is 37.6 Å². The molecular weight excluding hydrogens is 330 g/mol. The molecule has 1 N–H and O–H groups in total. The second-order valence-corrected chi connectivity index (χ2v) is 5.93. The number of anilines is 1. The van der Waals surface area contributed by atoms with Crippen molar-refractivity contribution >= 4 is 17.6 Å². The molecule has 1 unspecified atom stereocenters. The van der Waals surface area contributed by atoms with Crippen molar-refractivity contribution in [3.05, 3.63) is 78.3 Å². The third-order valence-electron chi connectivity index (χ3n) is 3.91. The van der Waals surface area contributed by atoms with Crippen molar-refractivity contribution in [2.24, 2.45) is 0 Å². The van der Waals surface area contributed by atoms with Crippen LogP contribution in [-0.4, -0.2) is 18.0 Å². The van der Waals surface area contributed by atoms with Crippen LogP contribution < -0.4 is 5.32 Å². The predicted octanol–water partition coefficient (Wildman–Crippen LogP) is 4.44. The van der Waals surface area contributed by atoms with Crippen molar-refractivity contribution in [3.8, 4) is 11.1 Å². The van der Waals surface area contributed by atoms with Crippen LogP contribution in [-0.2, 0) is 9.53 Å². The summed E-state index contributed by atoms with van der Waals surface area (Å²) in [5.74, 6) is -1.01. The summed E-state index contributed by atoms with van der Waals surface area (Å²) in [5, 5.41) is 2.72. The predicted molar refractivity (Wildman–Crippen MR) is 98.8 cm³/mol. The highest BCUT2D eigenvalue weighted by Crippen LogP contribution is 2.25. The third kappa shape index (κ3) is 4.00. The molecule has 0 spiro atoms. The maximum Gasteiger partial charge on any atom is 0.375 e. The van der Waals surface area contributed by atoms with Gasteiger partial charge in [0.05, 0.1) is 6.26 Å². The van der Waals surface area contributed by atoms with E-state index in [-0.39, 0.29) is 5.76 Å². The van der Waals surface area contributed by atoms with Crippen LogP contribution in [0.3, 0.4) is 0 Å². The van der Waals surface area contributed by atoms with Crippen LogP contribution in [0.1, 0.15) is 23.0 Å². The topological polar surface area (TPSA) is 68.5 Å². The lowest BCUT2D eigenvalue weighted by atomic mass is 10.1. The van der Waals surface area contributed by atoms with Crippen LogP contribution in [0.2, 0.25) is 0 Å². The molecule has 3 aromatic rings. The highest BCUT2D eigenvalue weighted by atomic mass is 16.6. The van der Waals surface area contributed by atoms with Gasteiger partial charge in [0.2, 0.25) is 5.76 Å². The van der Waals surface area contributed by atoms with E-state index in [2.05, 4.69) is 5.32 Å². The molecule has 0 radical (unpaired) electrons. The first-order valence-electron chi connectivity index (χ1n) is 8.26. The number of ether oxygens (including phenoxy) is 1.